The number of nitrogens with one attached hydrogen (secondary N) is 1. The highest BCUT2D eigenvalue weighted by Gasteiger charge is 2.27. The van der Waals surface area contributed by atoms with E-state index in [9.17, 15) is 4.79 Å². The molecule has 1 saturated carbocycles. The molecule has 15 heavy (non-hydrogen) atoms. The fourth-order valence-corrected chi connectivity index (χ4v) is 1.27. The van der Waals surface area contributed by atoms with E-state index in [0.717, 1.165) is 12.5 Å². The van der Waals surface area contributed by atoms with Crippen LogP contribution < -0.4 is 5.32 Å². The first-order chi connectivity index (χ1) is 6.97. The van der Waals surface area contributed by atoms with Gasteiger partial charge in [-0.1, -0.05) is 0 Å². The van der Waals surface area contributed by atoms with Gasteiger partial charge in [-0.25, -0.2) is 0 Å². The second kappa shape index (κ2) is 4.94. The van der Waals surface area contributed by atoms with E-state index in [-0.39, 0.29) is 12.5 Å². The molecule has 0 bridgehead atoms. The van der Waals surface area contributed by atoms with Crippen LogP contribution in [0.1, 0.15) is 26.7 Å². The number of rotatable bonds is 6. The summed E-state index contributed by atoms with van der Waals surface area (Å²) in [6.07, 6.45) is 2.58. The number of hydrogen-bond donors (Lipinski definition) is 2. The summed E-state index contributed by atoms with van der Waals surface area (Å²) in [7, 11) is 1.73. The Bertz CT molecular complexity index is 225. The van der Waals surface area contributed by atoms with Crippen LogP contribution >= 0.6 is 0 Å². The van der Waals surface area contributed by atoms with Crippen molar-refractivity contribution in [3.63, 3.8) is 0 Å². The maximum Gasteiger partial charge on any atom is 0.236 e. The van der Waals surface area contributed by atoms with Gasteiger partial charge in [0.1, 0.15) is 0 Å². The van der Waals surface area contributed by atoms with Crippen molar-refractivity contribution in [3.05, 3.63) is 0 Å². The van der Waals surface area contributed by atoms with Gasteiger partial charge < -0.3 is 15.3 Å². The Morgan fingerprint density at radius 1 is 1.53 bits per heavy atom. The third kappa shape index (κ3) is 3.80. The van der Waals surface area contributed by atoms with Gasteiger partial charge in [0, 0.05) is 7.05 Å². The lowest BCUT2D eigenvalue weighted by Crippen LogP contribution is -2.50. The zero-order valence-electron chi connectivity index (χ0n) is 9.92. The highest BCUT2D eigenvalue weighted by molar-refractivity contribution is 5.78. The molecule has 0 atom stereocenters. The van der Waals surface area contributed by atoms with Crippen molar-refractivity contribution in [1.82, 2.24) is 10.2 Å². The number of amides is 1. The highest BCUT2D eigenvalue weighted by Crippen LogP contribution is 2.27. The Labute approximate surface area is 91.6 Å². The number of nitrogens with zero attached hydrogens (tertiary/aromatic N) is 1. The SMILES string of the molecule is CN(C(=O)CNCC1CC1)C(C)(C)CO. The van der Waals surface area contributed by atoms with E-state index < -0.39 is 5.54 Å². The third-order valence-electron chi connectivity index (χ3n) is 3.08. The van der Waals surface area contributed by atoms with E-state index in [1.54, 1.807) is 11.9 Å². The molecule has 88 valence electrons. The number of aliphatic hydroxyl groups excluding tert-OH is 1. The lowest BCUT2D eigenvalue weighted by molar-refractivity contribution is -0.135. The van der Waals surface area contributed by atoms with Crippen LogP contribution in [-0.2, 0) is 4.79 Å². The molecule has 1 fully saturated rings. The summed E-state index contributed by atoms with van der Waals surface area (Å²) in [5.74, 6) is 0.823. The quantitative estimate of drug-likeness (QED) is 0.665. The van der Waals surface area contributed by atoms with Gasteiger partial charge in [-0.3, -0.25) is 4.79 Å². The molecule has 1 amide bonds. The Kier molecular flexibility index (Phi) is 4.11. The summed E-state index contributed by atoms with van der Waals surface area (Å²) in [6.45, 7) is 5.00. The highest BCUT2D eigenvalue weighted by atomic mass is 16.3. The van der Waals surface area contributed by atoms with Crippen molar-refractivity contribution in [1.29, 1.82) is 0 Å². The summed E-state index contributed by atoms with van der Waals surface area (Å²) >= 11 is 0. The number of aliphatic hydroxyl groups is 1. The van der Waals surface area contributed by atoms with E-state index in [0.29, 0.717) is 6.54 Å². The normalized spacial score (nSPS) is 16.5. The fraction of sp³-hybridized carbons (Fsp3) is 0.909. The standard InChI is InChI=1S/C11H22N2O2/c1-11(2,8-14)13(3)10(15)7-12-6-9-4-5-9/h9,12,14H,4-8H2,1-3H3. The molecular formula is C11H22N2O2. The zero-order chi connectivity index (χ0) is 11.5. The van der Waals surface area contributed by atoms with Gasteiger partial charge in [-0.2, -0.15) is 0 Å². The van der Waals surface area contributed by atoms with Crippen LogP contribution in [0.25, 0.3) is 0 Å². The van der Waals surface area contributed by atoms with E-state index in [4.69, 9.17) is 5.11 Å². The summed E-state index contributed by atoms with van der Waals surface area (Å²) in [5, 5.41) is 12.3. The summed E-state index contributed by atoms with van der Waals surface area (Å²) in [5.41, 5.74) is -0.474. The largest absolute Gasteiger partial charge is 0.394 e. The molecule has 0 saturated heterocycles. The first-order valence-corrected chi connectivity index (χ1v) is 5.55. The molecule has 2 N–H and O–H groups in total. The monoisotopic (exact) mass is 214 g/mol. The molecular weight excluding hydrogens is 192 g/mol. The minimum atomic E-state index is -0.474. The second-order valence-electron chi connectivity index (χ2n) is 5.00. The first-order valence-electron chi connectivity index (χ1n) is 5.55. The van der Waals surface area contributed by atoms with Crippen LogP contribution in [0.2, 0.25) is 0 Å². The number of hydrogen-bond acceptors (Lipinski definition) is 3. The number of likely N-dealkylation sites (N-methyl/N-ethyl adjacent to an activating group) is 1. The summed E-state index contributed by atoms with van der Waals surface area (Å²) in [4.78, 5) is 13.3. The van der Waals surface area contributed by atoms with E-state index in [1.165, 1.54) is 12.8 Å². The molecule has 4 heteroatoms. The second-order valence-corrected chi connectivity index (χ2v) is 5.00. The predicted octanol–water partition coefficient (Wildman–Crippen LogP) is 0.215. The van der Waals surface area contributed by atoms with Gasteiger partial charge in [0.05, 0.1) is 18.7 Å². The van der Waals surface area contributed by atoms with Crippen LogP contribution in [0, 0.1) is 5.92 Å². The van der Waals surface area contributed by atoms with Gasteiger partial charge >= 0.3 is 0 Å². The maximum atomic E-state index is 11.7. The van der Waals surface area contributed by atoms with E-state index >= 15 is 0 Å². The molecule has 0 aromatic rings. The molecule has 1 rings (SSSR count). The van der Waals surface area contributed by atoms with E-state index in [1.807, 2.05) is 13.8 Å². The van der Waals surface area contributed by atoms with Crippen LogP contribution in [0.3, 0.4) is 0 Å². The molecule has 0 unspecified atom stereocenters. The van der Waals surface area contributed by atoms with Crippen molar-refractivity contribution in [3.8, 4) is 0 Å². The Balaban J connectivity index is 2.24. The smallest absolute Gasteiger partial charge is 0.236 e. The minimum absolute atomic E-state index is 0.0160. The summed E-state index contributed by atoms with van der Waals surface area (Å²) in [6, 6.07) is 0. The average molecular weight is 214 g/mol. The van der Waals surface area contributed by atoms with Crippen LogP contribution in [0.5, 0.6) is 0 Å². The average Bonchev–Trinajstić information content (AvgIpc) is 3.00. The van der Waals surface area contributed by atoms with Gasteiger partial charge in [0.25, 0.3) is 0 Å². The summed E-state index contributed by atoms with van der Waals surface area (Å²) < 4.78 is 0. The molecule has 0 aromatic heterocycles. The van der Waals surface area contributed by atoms with Gasteiger partial charge in [0.2, 0.25) is 5.91 Å². The van der Waals surface area contributed by atoms with Gasteiger partial charge in [-0.05, 0) is 39.2 Å². The molecule has 0 spiro atoms. The number of carbonyl (C=O) groups excluding carboxylic acids is 1. The fourth-order valence-electron chi connectivity index (χ4n) is 1.27. The van der Waals surface area contributed by atoms with Crippen LogP contribution in [0.4, 0.5) is 0 Å². The molecule has 4 nitrogen and oxygen atoms in total. The molecule has 0 radical (unpaired) electrons. The number of carbonyl (C=O) groups is 1. The Morgan fingerprint density at radius 2 is 2.13 bits per heavy atom. The lowest BCUT2D eigenvalue weighted by atomic mass is 10.1. The molecule has 1 aliphatic rings. The van der Waals surface area contributed by atoms with Gasteiger partial charge in [0.15, 0.2) is 0 Å². The molecule has 0 aliphatic heterocycles. The minimum Gasteiger partial charge on any atom is -0.394 e. The molecule has 0 aromatic carbocycles. The topological polar surface area (TPSA) is 52.6 Å². The lowest BCUT2D eigenvalue weighted by Gasteiger charge is -2.34. The van der Waals surface area contributed by atoms with Crippen LogP contribution in [-0.4, -0.2) is 48.2 Å². The zero-order valence-corrected chi connectivity index (χ0v) is 9.92. The van der Waals surface area contributed by atoms with Crippen molar-refractivity contribution >= 4 is 5.91 Å². The van der Waals surface area contributed by atoms with Crippen molar-refractivity contribution in [2.75, 3.05) is 26.7 Å². The van der Waals surface area contributed by atoms with E-state index in [2.05, 4.69) is 5.32 Å². The van der Waals surface area contributed by atoms with Gasteiger partial charge in [-0.15, -0.1) is 0 Å². The first kappa shape index (κ1) is 12.5. The Morgan fingerprint density at radius 3 is 2.60 bits per heavy atom. The third-order valence-corrected chi connectivity index (χ3v) is 3.08. The maximum absolute atomic E-state index is 11.7. The predicted molar refractivity (Wildman–Crippen MR) is 59.5 cm³/mol. The molecule has 0 heterocycles. The van der Waals surface area contributed by atoms with Crippen molar-refractivity contribution in [2.24, 2.45) is 5.92 Å². The van der Waals surface area contributed by atoms with Crippen LogP contribution in [0.15, 0.2) is 0 Å². The molecule has 1 aliphatic carbocycles. The Hall–Kier alpha value is -0.610. The van der Waals surface area contributed by atoms with Crippen molar-refractivity contribution in [2.45, 2.75) is 32.2 Å². The van der Waals surface area contributed by atoms with Crippen molar-refractivity contribution < 1.29 is 9.90 Å².